The maximum atomic E-state index is 14.9. The number of aryl methyl sites for hydroxylation is 1. The molecule has 0 unspecified atom stereocenters. The van der Waals surface area contributed by atoms with E-state index >= 15 is 0 Å². The number of hydrogen-bond donors (Lipinski definition) is 2. The Labute approximate surface area is 211 Å². The van der Waals surface area contributed by atoms with Gasteiger partial charge in [0.05, 0.1) is 23.0 Å². The molecule has 4 heterocycles. The molecule has 3 aromatic heterocycles. The first kappa shape index (κ1) is 23.1. The van der Waals surface area contributed by atoms with Crippen molar-refractivity contribution >= 4 is 27.6 Å². The predicted molar refractivity (Wildman–Crippen MR) is 136 cm³/mol. The summed E-state index contributed by atoms with van der Waals surface area (Å²) in [6.07, 6.45) is 5.13. The van der Waals surface area contributed by atoms with Gasteiger partial charge < -0.3 is 14.6 Å². The molecule has 5 aromatic rings. The van der Waals surface area contributed by atoms with E-state index in [2.05, 4.69) is 15.2 Å². The van der Waals surface area contributed by atoms with Gasteiger partial charge in [0, 0.05) is 47.4 Å². The van der Waals surface area contributed by atoms with E-state index in [0.29, 0.717) is 18.6 Å². The topological polar surface area (TPSA) is 110 Å². The first-order valence-corrected chi connectivity index (χ1v) is 12.0. The van der Waals surface area contributed by atoms with Gasteiger partial charge in [-0.2, -0.15) is 5.10 Å². The van der Waals surface area contributed by atoms with Crippen molar-refractivity contribution < 1.29 is 23.8 Å². The molecule has 0 aliphatic carbocycles. The monoisotopic (exact) mass is 498 g/mol. The lowest BCUT2D eigenvalue weighted by Gasteiger charge is -2.26. The molecule has 9 heteroatoms. The summed E-state index contributed by atoms with van der Waals surface area (Å²) in [4.78, 5) is 20.6. The molecular weight excluding hydrogens is 475 g/mol. The van der Waals surface area contributed by atoms with Crippen LogP contribution in [0.4, 0.5) is 4.39 Å². The van der Waals surface area contributed by atoms with Gasteiger partial charge in [-0.25, -0.2) is 14.2 Å². The molecule has 1 aliphatic heterocycles. The normalized spacial score (nSPS) is 14.3. The van der Waals surface area contributed by atoms with E-state index in [4.69, 9.17) is 14.5 Å². The van der Waals surface area contributed by atoms with Crippen LogP contribution in [-0.4, -0.2) is 44.5 Å². The highest BCUT2D eigenvalue weighted by Gasteiger charge is 2.26. The van der Waals surface area contributed by atoms with Crippen LogP contribution in [0, 0.1) is 12.7 Å². The molecule has 8 nitrogen and oxygen atoms in total. The van der Waals surface area contributed by atoms with Crippen molar-refractivity contribution in [2.24, 2.45) is 0 Å². The molecule has 0 atom stereocenters. The summed E-state index contributed by atoms with van der Waals surface area (Å²) in [6, 6.07) is 11.5. The van der Waals surface area contributed by atoms with Crippen LogP contribution < -0.4 is 4.74 Å². The van der Waals surface area contributed by atoms with E-state index in [1.165, 1.54) is 12.1 Å². The second kappa shape index (κ2) is 9.25. The summed E-state index contributed by atoms with van der Waals surface area (Å²) in [5.74, 6) is -1.74. The summed E-state index contributed by atoms with van der Waals surface area (Å²) in [5, 5.41) is 18.9. The fourth-order valence-electron chi connectivity index (χ4n) is 4.91. The number of benzene rings is 2. The Morgan fingerprint density at radius 2 is 1.97 bits per heavy atom. The number of nitrogens with zero attached hydrogens (tertiary/aromatic N) is 3. The molecule has 0 spiro atoms. The highest BCUT2D eigenvalue weighted by atomic mass is 19.1. The fourth-order valence-corrected chi connectivity index (χ4v) is 4.91. The lowest BCUT2D eigenvalue weighted by atomic mass is 9.87. The van der Waals surface area contributed by atoms with Crippen LogP contribution in [0.3, 0.4) is 0 Å². The fraction of sp³-hybridized carbons (Fsp3) is 0.214. The van der Waals surface area contributed by atoms with Crippen molar-refractivity contribution in [2.45, 2.75) is 25.7 Å². The Balaban J connectivity index is 1.62. The predicted octanol–water partition coefficient (Wildman–Crippen LogP) is 6.01. The van der Waals surface area contributed by atoms with E-state index < -0.39 is 11.8 Å². The maximum absolute atomic E-state index is 14.9. The Bertz CT molecular complexity index is 1660. The van der Waals surface area contributed by atoms with Crippen molar-refractivity contribution in [3.05, 3.63) is 77.6 Å². The third-order valence-corrected chi connectivity index (χ3v) is 6.74. The second-order valence-corrected chi connectivity index (χ2v) is 9.16. The van der Waals surface area contributed by atoms with Crippen LogP contribution in [0.25, 0.3) is 32.8 Å². The van der Waals surface area contributed by atoms with Gasteiger partial charge in [-0.1, -0.05) is 0 Å². The van der Waals surface area contributed by atoms with E-state index in [9.17, 15) is 14.3 Å². The summed E-state index contributed by atoms with van der Waals surface area (Å²) < 4.78 is 26.6. The Hall–Kier alpha value is -4.37. The number of carboxylic acids is 1. The molecule has 0 bridgehead atoms. The van der Waals surface area contributed by atoms with Gasteiger partial charge in [0.15, 0.2) is 11.6 Å². The molecule has 0 amide bonds. The average Bonchev–Trinajstić information content (AvgIpc) is 3.36. The van der Waals surface area contributed by atoms with Crippen LogP contribution in [0.5, 0.6) is 11.6 Å². The quantitative estimate of drug-likeness (QED) is 0.306. The molecule has 0 radical (unpaired) electrons. The second-order valence-electron chi connectivity index (χ2n) is 9.16. The number of hydrogen-bond acceptors (Lipinski definition) is 6. The summed E-state index contributed by atoms with van der Waals surface area (Å²) in [7, 11) is 0. The minimum Gasteiger partial charge on any atom is -0.478 e. The van der Waals surface area contributed by atoms with Crippen LogP contribution in [0.15, 0.2) is 54.9 Å². The highest BCUT2D eigenvalue weighted by Crippen LogP contribution is 2.43. The zero-order valence-corrected chi connectivity index (χ0v) is 20.0. The molecule has 1 fully saturated rings. The van der Waals surface area contributed by atoms with Crippen LogP contribution >= 0.6 is 0 Å². The Kier molecular flexibility index (Phi) is 5.77. The van der Waals surface area contributed by atoms with Gasteiger partial charge in [-0.05, 0) is 73.2 Å². The number of aromatic carboxylic acids is 1. The van der Waals surface area contributed by atoms with Gasteiger partial charge >= 0.3 is 5.97 Å². The number of nitrogens with one attached hydrogen (secondary N) is 1. The first-order valence-electron chi connectivity index (χ1n) is 12.0. The number of aromatic nitrogens is 4. The Morgan fingerprint density at radius 1 is 1.14 bits per heavy atom. The zero-order chi connectivity index (χ0) is 25.5. The largest absolute Gasteiger partial charge is 0.478 e. The highest BCUT2D eigenvalue weighted by molar-refractivity contribution is 6.06. The molecule has 2 aromatic carbocycles. The van der Waals surface area contributed by atoms with Gasteiger partial charge in [0.1, 0.15) is 0 Å². The van der Waals surface area contributed by atoms with Crippen LogP contribution in [0.1, 0.15) is 40.5 Å². The molecular formula is C28H23FN4O4. The molecule has 0 saturated carbocycles. The number of carbonyl (C=O) groups is 1. The van der Waals surface area contributed by atoms with Crippen LogP contribution in [-0.2, 0) is 4.74 Å². The average molecular weight is 499 g/mol. The van der Waals surface area contributed by atoms with Crippen molar-refractivity contribution in [2.75, 3.05) is 13.2 Å². The smallest absolute Gasteiger partial charge is 0.335 e. The van der Waals surface area contributed by atoms with Crippen LogP contribution in [0.2, 0.25) is 0 Å². The number of ether oxygens (including phenoxy) is 2. The number of H-pyrrole nitrogens is 1. The SMILES string of the molecule is Cc1cc(-c2c(C3CCOCC3)nc(Oc3ccc(C(=O)O)cc3F)c3cc4[nH]ncc4cc23)ccn1. The summed E-state index contributed by atoms with van der Waals surface area (Å²) in [6.45, 7) is 3.20. The van der Waals surface area contributed by atoms with Crippen molar-refractivity contribution in [3.8, 4) is 22.8 Å². The number of aromatic amines is 1. The third kappa shape index (κ3) is 4.27. The third-order valence-electron chi connectivity index (χ3n) is 6.74. The minimum absolute atomic E-state index is 0.103. The number of pyridine rings is 2. The van der Waals surface area contributed by atoms with Gasteiger partial charge in [-0.3, -0.25) is 10.1 Å². The maximum Gasteiger partial charge on any atom is 0.335 e. The van der Waals surface area contributed by atoms with Crippen molar-refractivity contribution in [1.29, 1.82) is 0 Å². The van der Waals surface area contributed by atoms with E-state index in [0.717, 1.165) is 57.7 Å². The molecule has 6 rings (SSSR count). The number of rotatable bonds is 5. The van der Waals surface area contributed by atoms with Gasteiger partial charge in [0.2, 0.25) is 5.88 Å². The van der Waals surface area contributed by atoms with E-state index in [-0.39, 0.29) is 23.1 Å². The van der Waals surface area contributed by atoms with Crippen molar-refractivity contribution in [3.63, 3.8) is 0 Å². The lowest BCUT2D eigenvalue weighted by Crippen LogP contribution is -2.16. The lowest BCUT2D eigenvalue weighted by molar-refractivity contribution is 0.0696. The zero-order valence-electron chi connectivity index (χ0n) is 20.0. The number of fused-ring (bicyclic) bond motifs is 2. The first-order chi connectivity index (χ1) is 18.0. The number of carboxylic acid groups (broad SMARTS) is 1. The molecule has 1 aliphatic rings. The molecule has 1 saturated heterocycles. The molecule has 2 N–H and O–H groups in total. The van der Waals surface area contributed by atoms with E-state index in [1.54, 1.807) is 12.4 Å². The van der Waals surface area contributed by atoms with Gasteiger partial charge in [0.25, 0.3) is 0 Å². The molecule has 186 valence electrons. The standard InChI is InChI=1S/C28H23FN4O4/c1-15-10-17(4-7-30-15)25-20-11-19-14-31-33-23(19)13-21(20)27(32-26(25)16-5-8-36-9-6-16)37-24-3-2-18(28(34)35)12-22(24)29/h2-4,7,10-14,16H,5-6,8-9H2,1H3,(H,31,33)(H,34,35). The van der Waals surface area contributed by atoms with Crippen molar-refractivity contribution in [1.82, 2.24) is 20.2 Å². The summed E-state index contributed by atoms with van der Waals surface area (Å²) in [5.41, 5.74) is 4.32. The Morgan fingerprint density at radius 3 is 2.73 bits per heavy atom. The number of halogens is 1. The molecule has 37 heavy (non-hydrogen) atoms. The summed E-state index contributed by atoms with van der Waals surface area (Å²) >= 11 is 0. The van der Waals surface area contributed by atoms with E-state index in [1.807, 2.05) is 31.2 Å². The minimum atomic E-state index is -1.21. The van der Waals surface area contributed by atoms with Gasteiger partial charge in [-0.15, -0.1) is 0 Å².